The Bertz CT molecular complexity index is 474. The molecule has 8 heteroatoms. The van der Waals surface area contributed by atoms with Gasteiger partial charge in [-0.1, -0.05) is 24.3 Å². The summed E-state index contributed by atoms with van der Waals surface area (Å²) >= 11 is 0. The minimum Gasteiger partial charge on any atom is -0.380 e. The average Bonchev–Trinajstić information content (AvgIpc) is 2.50. The Morgan fingerprint density at radius 3 is 2.39 bits per heavy atom. The molecule has 1 amide bonds. The van der Waals surface area contributed by atoms with Gasteiger partial charge in [-0.15, -0.1) is 0 Å². The standard InChI is InChI=1S/C15H21F3N2O3/c1-22-13(7-19)6-14(21)20-8-11-2-4-12(5-3-11)9-23-10-15(16,17)18/h2-5,13H,6-10,19H2,1H3,(H,20,21). The molecule has 0 saturated carbocycles. The quantitative estimate of drug-likeness (QED) is 0.721. The van der Waals surface area contributed by atoms with Crippen LogP contribution < -0.4 is 11.1 Å². The largest absolute Gasteiger partial charge is 0.411 e. The molecule has 1 aromatic rings. The van der Waals surface area contributed by atoms with Crippen molar-refractivity contribution in [2.24, 2.45) is 5.73 Å². The summed E-state index contributed by atoms with van der Waals surface area (Å²) in [6.07, 6.45) is -4.47. The lowest BCUT2D eigenvalue weighted by atomic mass is 10.1. The molecule has 0 aromatic heterocycles. The zero-order valence-electron chi connectivity index (χ0n) is 12.9. The van der Waals surface area contributed by atoms with E-state index in [1.54, 1.807) is 24.3 Å². The maximum absolute atomic E-state index is 12.0. The molecular formula is C15H21F3N2O3. The van der Waals surface area contributed by atoms with Crippen LogP contribution in [0.2, 0.25) is 0 Å². The maximum atomic E-state index is 12.0. The first kappa shape index (κ1) is 19.4. The van der Waals surface area contributed by atoms with Crippen molar-refractivity contribution in [3.8, 4) is 0 Å². The molecule has 1 rings (SSSR count). The fourth-order valence-electron chi connectivity index (χ4n) is 1.78. The van der Waals surface area contributed by atoms with Crippen molar-refractivity contribution in [1.82, 2.24) is 5.32 Å². The van der Waals surface area contributed by atoms with Crippen LogP contribution in [0.5, 0.6) is 0 Å². The second-order valence-corrected chi connectivity index (χ2v) is 5.00. The Morgan fingerprint density at radius 1 is 1.26 bits per heavy atom. The highest BCUT2D eigenvalue weighted by atomic mass is 19.4. The van der Waals surface area contributed by atoms with Crippen LogP contribution in [0, 0.1) is 0 Å². The molecule has 0 bridgehead atoms. The van der Waals surface area contributed by atoms with Gasteiger partial charge in [0.15, 0.2) is 0 Å². The van der Waals surface area contributed by atoms with Crippen molar-refractivity contribution in [1.29, 1.82) is 0 Å². The van der Waals surface area contributed by atoms with E-state index in [1.807, 2.05) is 0 Å². The lowest BCUT2D eigenvalue weighted by Crippen LogP contribution is -2.31. The van der Waals surface area contributed by atoms with E-state index in [1.165, 1.54) is 7.11 Å². The van der Waals surface area contributed by atoms with Crippen molar-refractivity contribution in [2.75, 3.05) is 20.3 Å². The summed E-state index contributed by atoms with van der Waals surface area (Å²) in [5.41, 5.74) is 6.90. The highest BCUT2D eigenvalue weighted by molar-refractivity contribution is 5.76. The monoisotopic (exact) mass is 334 g/mol. The molecule has 0 aliphatic rings. The summed E-state index contributed by atoms with van der Waals surface area (Å²) in [6.45, 7) is -0.801. The first-order chi connectivity index (χ1) is 10.8. The zero-order valence-corrected chi connectivity index (χ0v) is 12.9. The number of methoxy groups -OCH3 is 1. The van der Waals surface area contributed by atoms with Crippen LogP contribution in [-0.4, -0.2) is 38.4 Å². The topological polar surface area (TPSA) is 73.6 Å². The molecule has 0 radical (unpaired) electrons. The number of halogens is 3. The molecule has 0 saturated heterocycles. The summed E-state index contributed by atoms with van der Waals surface area (Å²) in [4.78, 5) is 11.7. The van der Waals surface area contributed by atoms with Gasteiger partial charge in [-0.05, 0) is 11.1 Å². The van der Waals surface area contributed by atoms with Crippen molar-refractivity contribution in [3.63, 3.8) is 0 Å². The SMILES string of the molecule is COC(CN)CC(=O)NCc1ccc(COCC(F)(F)F)cc1. The van der Waals surface area contributed by atoms with Gasteiger partial charge in [-0.25, -0.2) is 0 Å². The smallest absolute Gasteiger partial charge is 0.380 e. The third kappa shape index (κ3) is 8.53. The molecule has 1 aromatic carbocycles. The van der Waals surface area contributed by atoms with E-state index in [-0.39, 0.29) is 31.6 Å². The Balaban J connectivity index is 2.35. The van der Waals surface area contributed by atoms with Gasteiger partial charge < -0.3 is 20.5 Å². The summed E-state index contributed by atoms with van der Waals surface area (Å²) in [5.74, 6) is -0.181. The normalized spacial score (nSPS) is 12.9. The number of carbonyl (C=O) groups excluding carboxylic acids is 1. The number of rotatable bonds is 9. The molecule has 23 heavy (non-hydrogen) atoms. The van der Waals surface area contributed by atoms with Gasteiger partial charge in [0, 0.05) is 20.2 Å². The van der Waals surface area contributed by atoms with E-state index >= 15 is 0 Å². The summed E-state index contributed by atoms with van der Waals surface area (Å²) in [7, 11) is 1.49. The fourth-order valence-corrected chi connectivity index (χ4v) is 1.78. The van der Waals surface area contributed by atoms with E-state index in [0.29, 0.717) is 12.1 Å². The molecule has 0 fully saturated rings. The van der Waals surface area contributed by atoms with Crippen molar-refractivity contribution in [3.05, 3.63) is 35.4 Å². The molecular weight excluding hydrogens is 313 g/mol. The molecule has 130 valence electrons. The van der Waals surface area contributed by atoms with E-state index in [0.717, 1.165) is 5.56 Å². The third-order valence-corrected chi connectivity index (χ3v) is 3.06. The van der Waals surface area contributed by atoms with Crippen LogP contribution >= 0.6 is 0 Å². The van der Waals surface area contributed by atoms with Crippen molar-refractivity contribution in [2.45, 2.75) is 31.9 Å². The summed E-state index contributed by atoms with van der Waals surface area (Å²) in [6, 6.07) is 6.78. The van der Waals surface area contributed by atoms with Crippen LogP contribution in [0.15, 0.2) is 24.3 Å². The van der Waals surface area contributed by atoms with Gasteiger partial charge in [0.1, 0.15) is 6.61 Å². The number of hydrogen-bond acceptors (Lipinski definition) is 4. The predicted octanol–water partition coefficient (Wildman–Crippen LogP) is 1.75. The maximum Gasteiger partial charge on any atom is 0.411 e. The van der Waals surface area contributed by atoms with Crippen LogP contribution in [0.1, 0.15) is 17.5 Å². The Labute approximate surface area is 132 Å². The van der Waals surface area contributed by atoms with E-state index < -0.39 is 12.8 Å². The number of carbonyl (C=O) groups is 1. The van der Waals surface area contributed by atoms with Crippen molar-refractivity contribution >= 4 is 5.91 Å². The number of nitrogens with one attached hydrogen (secondary N) is 1. The van der Waals surface area contributed by atoms with Crippen LogP contribution in [0.3, 0.4) is 0 Å². The van der Waals surface area contributed by atoms with Gasteiger partial charge in [0.05, 0.1) is 19.1 Å². The second kappa shape index (κ2) is 9.49. The molecule has 1 atom stereocenters. The third-order valence-electron chi connectivity index (χ3n) is 3.06. The number of ether oxygens (including phenoxy) is 2. The lowest BCUT2D eigenvalue weighted by molar-refractivity contribution is -0.176. The van der Waals surface area contributed by atoms with Gasteiger partial charge in [0.2, 0.25) is 5.91 Å². The predicted molar refractivity (Wildman–Crippen MR) is 78.5 cm³/mol. The number of amides is 1. The first-order valence-corrected chi connectivity index (χ1v) is 7.06. The number of hydrogen-bond donors (Lipinski definition) is 2. The minimum atomic E-state index is -4.33. The second-order valence-electron chi connectivity index (χ2n) is 5.00. The van der Waals surface area contributed by atoms with Crippen LogP contribution in [0.4, 0.5) is 13.2 Å². The number of nitrogens with two attached hydrogens (primary N) is 1. The summed E-state index contributed by atoms with van der Waals surface area (Å²) < 4.78 is 45.5. The summed E-state index contributed by atoms with van der Waals surface area (Å²) in [5, 5.41) is 2.73. The fraction of sp³-hybridized carbons (Fsp3) is 0.533. The number of alkyl halides is 3. The molecule has 1 unspecified atom stereocenters. The molecule has 0 heterocycles. The average molecular weight is 334 g/mol. The Hall–Kier alpha value is -1.64. The van der Waals surface area contributed by atoms with Gasteiger partial charge in [0.25, 0.3) is 0 Å². The van der Waals surface area contributed by atoms with Crippen molar-refractivity contribution < 1.29 is 27.4 Å². The Morgan fingerprint density at radius 2 is 1.87 bits per heavy atom. The molecule has 0 spiro atoms. The molecule has 5 nitrogen and oxygen atoms in total. The molecule has 3 N–H and O–H groups in total. The number of benzene rings is 1. The van der Waals surface area contributed by atoms with E-state index in [4.69, 9.17) is 10.5 Å². The van der Waals surface area contributed by atoms with Gasteiger partial charge in [-0.3, -0.25) is 4.79 Å². The van der Waals surface area contributed by atoms with Crippen LogP contribution in [-0.2, 0) is 27.4 Å². The highest BCUT2D eigenvalue weighted by Crippen LogP contribution is 2.15. The molecule has 0 aliphatic heterocycles. The van der Waals surface area contributed by atoms with Gasteiger partial charge >= 0.3 is 6.18 Å². The zero-order chi connectivity index (χ0) is 17.3. The van der Waals surface area contributed by atoms with Crippen LogP contribution in [0.25, 0.3) is 0 Å². The van der Waals surface area contributed by atoms with E-state index in [9.17, 15) is 18.0 Å². The van der Waals surface area contributed by atoms with E-state index in [2.05, 4.69) is 10.1 Å². The minimum absolute atomic E-state index is 0.113. The lowest BCUT2D eigenvalue weighted by Gasteiger charge is -2.12. The Kier molecular flexibility index (Phi) is 8.01. The molecule has 0 aliphatic carbocycles. The van der Waals surface area contributed by atoms with Gasteiger partial charge in [-0.2, -0.15) is 13.2 Å². The first-order valence-electron chi connectivity index (χ1n) is 7.06. The highest BCUT2D eigenvalue weighted by Gasteiger charge is 2.27.